The summed E-state index contributed by atoms with van der Waals surface area (Å²) >= 11 is 0. The normalized spacial score (nSPS) is 26.8. The third-order valence-electron chi connectivity index (χ3n) is 3.55. The van der Waals surface area contributed by atoms with Crippen molar-refractivity contribution in [2.45, 2.75) is 38.8 Å². The molecule has 0 aliphatic carbocycles. The molecule has 1 aromatic carbocycles. The Morgan fingerprint density at radius 3 is 2.94 bits per heavy atom. The molecule has 0 bridgehead atoms. The first-order chi connectivity index (χ1) is 8.08. The van der Waals surface area contributed by atoms with Crippen molar-refractivity contribution in [2.75, 3.05) is 6.54 Å². The lowest BCUT2D eigenvalue weighted by atomic mass is 9.88. The minimum Gasteiger partial charge on any atom is -0.387 e. The van der Waals surface area contributed by atoms with Crippen molar-refractivity contribution in [2.24, 2.45) is 5.92 Å². The predicted molar refractivity (Wildman–Crippen MR) is 66.3 cm³/mol. The van der Waals surface area contributed by atoms with Gasteiger partial charge in [0.2, 0.25) is 0 Å². The Hall–Kier alpha value is -0.930. The van der Waals surface area contributed by atoms with E-state index in [1.165, 1.54) is 6.07 Å². The summed E-state index contributed by atoms with van der Waals surface area (Å²) in [5.41, 5.74) is 1.39. The van der Waals surface area contributed by atoms with Gasteiger partial charge in [-0.15, -0.1) is 0 Å². The Morgan fingerprint density at radius 1 is 1.47 bits per heavy atom. The largest absolute Gasteiger partial charge is 0.387 e. The highest BCUT2D eigenvalue weighted by Gasteiger charge is 2.27. The van der Waals surface area contributed by atoms with Gasteiger partial charge in [-0.05, 0) is 38.3 Å². The minimum atomic E-state index is -0.752. The number of nitrogens with one attached hydrogen (secondary N) is 1. The lowest BCUT2D eigenvalue weighted by Crippen LogP contribution is -2.41. The van der Waals surface area contributed by atoms with Gasteiger partial charge in [0.15, 0.2) is 0 Å². The third kappa shape index (κ3) is 2.85. The van der Waals surface area contributed by atoms with E-state index in [0.29, 0.717) is 11.5 Å². The highest BCUT2D eigenvalue weighted by atomic mass is 19.1. The number of hydrogen-bond acceptors (Lipinski definition) is 2. The molecule has 1 aliphatic rings. The second kappa shape index (κ2) is 5.15. The smallest absolute Gasteiger partial charge is 0.129 e. The molecule has 1 aliphatic heterocycles. The van der Waals surface area contributed by atoms with Crippen molar-refractivity contribution >= 4 is 0 Å². The Kier molecular flexibility index (Phi) is 3.79. The zero-order chi connectivity index (χ0) is 12.4. The van der Waals surface area contributed by atoms with Crippen LogP contribution < -0.4 is 5.32 Å². The van der Waals surface area contributed by atoms with Gasteiger partial charge in [0.25, 0.3) is 0 Å². The molecule has 0 radical (unpaired) electrons. The maximum Gasteiger partial charge on any atom is 0.129 e. The number of hydrogen-bond donors (Lipinski definition) is 2. The number of benzene rings is 1. The molecule has 1 aromatic rings. The van der Waals surface area contributed by atoms with Crippen LogP contribution in [0, 0.1) is 18.7 Å². The lowest BCUT2D eigenvalue weighted by Gasteiger charge is -2.32. The van der Waals surface area contributed by atoms with Crippen LogP contribution in [0.5, 0.6) is 0 Å². The zero-order valence-electron chi connectivity index (χ0n) is 10.4. The van der Waals surface area contributed by atoms with Crippen LogP contribution in [0.3, 0.4) is 0 Å². The molecule has 1 saturated heterocycles. The Bertz CT molecular complexity index is 394. The standard InChI is InChI=1S/C14H20FNO/c1-9-3-4-12(15)11(7-9)14(17)13-8-10(2)5-6-16-13/h3-4,7,10,13-14,16-17H,5-6,8H2,1-2H3. The monoisotopic (exact) mass is 237 g/mol. The van der Waals surface area contributed by atoms with Crippen molar-refractivity contribution in [3.05, 3.63) is 35.1 Å². The molecule has 0 amide bonds. The van der Waals surface area contributed by atoms with E-state index in [1.807, 2.05) is 6.92 Å². The summed E-state index contributed by atoms with van der Waals surface area (Å²) < 4.78 is 13.7. The number of aliphatic hydroxyl groups excluding tert-OH is 1. The van der Waals surface area contributed by atoms with E-state index in [4.69, 9.17) is 0 Å². The van der Waals surface area contributed by atoms with E-state index in [-0.39, 0.29) is 11.9 Å². The molecule has 3 unspecified atom stereocenters. The fraction of sp³-hybridized carbons (Fsp3) is 0.571. The molecular weight excluding hydrogens is 217 g/mol. The van der Waals surface area contributed by atoms with E-state index in [0.717, 1.165) is 24.9 Å². The summed E-state index contributed by atoms with van der Waals surface area (Å²) in [6.45, 7) is 4.98. The molecule has 0 spiro atoms. The van der Waals surface area contributed by atoms with E-state index in [9.17, 15) is 9.50 Å². The predicted octanol–water partition coefficient (Wildman–Crippen LogP) is 2.56. The van der Waals surface area contributed by atoms with Gasteiger partial charge in [0.05, 0.1) is 6.10 Å². The maximum absolute atomic E-state index is 13.7. The van der Waals surface area contributed by atoms with Gasteiger partial charge in [-0.3, -0.25) is 0 Å². The van der Waals surface area contributed by atoms with E-state index in [1.54, 1.807) is 12.1 Å². The summed E-state index contributed by atoms with van der Waals surface area (Å²) in [5.74, 6) is 0.270. The number of piperidine rings is 1. The summed E-state index contributed by atoms with van der Waals surface area (Å²) in [6.07, 6.45) is 1.27. The molecule has 1 heterocycles. The van der Waals surface area contributed by atoms with Crippen LogP contribution in [0.4, 0.5) is 4.39 Å². The molecular formula is C14H20FNO. The number of rotatable bonds is 2. The van der Waals surface area contributed by atoms with Gasteiger partial charge < -0.3 is 10.4 Å². The van der Waals surface area contributed by atoms with Crippen molar-refractivity contribution in [1.82, 2.24) is 5.32 Å². The average Bonchev–Trinajstić information content (AvgIpc) is 2.31. The Morgan fingerprint density at radius 2 is 2.24 bits per heavy atom. The molecule has 0 aromatic heterocycles. The van der Waals surface area contributed by atoms with Crippen LogP contribution in [0.2, 0.25) is 0 Å². The van der Waals surface area contributed by atoms with Crippen molar-refractivity contribution in [1.29, 1.82) is 0 Å². The lowest BCUT2D eigenvalue weighted by molar-refractivity contribution is 0.0981. The fourth-order valence-electron chi connectivity index (χ4n) is 2.50. The maximum atomic E-state index is 13.7. The van der Waals surface area contributed by atoms with Crippen LogP contribution in [0.15, 0.2) is 18.2 Å². The molecule has 1 fully saturated rings. The quantitative estimate of drug-likeness (QED) is 0.828. The molecule has 3 atom stereocenters. The van der Waals surface area contributed by atoms with Crippen LogP contribution in [-0.2, 0) is 0 Å². The molecule has 2 rings (SSSR count). The first-order valence-corrected chi connectivity index (χ1v) is 6.25. The number of aliphatic hydroxyl groups is 1. The topological polar surface area (TPSA) is 32.3 Å². The molecule has 94 valence electrons. The van der Waals surface area contributed by atoms with Gasteiger partial charge in [0, 0.05) is 11.6 Å². The Labute approximate surface area is 102 Å². The van der Waals surface area contributed by atoms with Gasteiger partial charge in [-0.2, -0.15) is 0 Å². The molecule has 3 heteroatoms. The van der Waals surface area contributed by atoms with Crippen molar-refractivity contribution in [3.63, 3.8) is 0 Å². The highest BCUT2D eigenvalue weighted by molar-refractivity contribution is 5.27. The van der Waals surface area contributed by atoms with Crippen molar-refractivity contribution in [3.8, 4) is 0 Å². The first-order valence-electron chi connectivity index (χ1n) is 6.25. The fourth-order valence-corrected chi connectivity index (χ4v) is 2.50. The van der Waals surface area contributed by atoms with E-state index >= 15 is 0 Å². The molecule has 0 saturated carbocycles. The van der Waals surface area contributed by atoms with Crippen LogP contribution >= 0.6 is 0 Å². The summed E-state index contributed by atoms with van der Waals surface area (Å²) in [7, 11) is 0. The van der Waals surface area contributed by atoms with Gasteiger partial charge >= 0.3 is 0 Å². The second-order valence-corrected chi connectivity index (χ2v) is 5.16. The van der Waals surface area contributed by atoms with E-state index < -0.39 is 6.10 Å². The Balaban J connectivity index is 2.18. The van der Waals surface area contributed by atoms with Crippen LogP contribution in [0.1, 0.15) is 37.0 Å². The first kappa shape index (κ1) is 12.5. The zero-order valence-corrected chi connectivity index (χ0v) is 10.4. The molecule has 2 N–H and O–H groups in total. The highest BCUT2D eigenvalue weighted by Crippen LogP contribution is 2.27. The summed E-state index contributed by atoms with van der Waals surface area (Å²) in [6, 6.07) is 4.86. The molecule has 17 heavy (non-hydrogen) atoms. The average molecular weight is 237 g/mol. The van der Waals surface area contributed by atoms with Crippen molar-refractivity contribution < 1.29 is 9.50 Å². The number of halogens is 1. The SMILES string of the molecule is Cc1ccc(F)c(C(O)C2CC(C)CCN2)c1. The third-order valence-corrected chi connectivity index (χ3v) is 3.55. The van der Waals surface area contributed by atoms with Gasteiger partial charge in [-0.1, -0.05) is 24.6 Å². The van der Waals surface area contributed by atoms with Crippen LogP contribution in [0.25, 0.3) is 0 Å². The van der Waals surface area contributed by atoms with Gasteiger partial charge in [0.1, 0.15) is 5.82 Å². The summed E-state index contributed by atoms with van der Waals surface area (Å²) in [5, 5.41) is 13.5. The van der Waals surface area contributed by atoms with E-state index in [2.05, 4.69) is 12.2 Å². The van der Waals surface area contributed by atoms with Gasteiger partial charge in [-0.25, -0.2) is 4.39 Å². The summed E-state index contributed by atoms with van der Waals surface area (Å²) in [4.78, 5) is 0. The number of aryl methyl sites for hydroxylation is 1. The molecule has 2 nitrogen and oxygen atoms in total. The van der Waals surface area contributed by atoms with Crippen LogP contribution in [-0.4, -0.2) is 17.7 Å². The minimum absolute atomic E-state index is 0.0324. The second-order valence-electron chi connectivity index (χ2n) is 5.16.